The zero-order valence-electron chi connectivity index (χ0n) is 12.2. The lowest BCUT2D eigenvalue weighted by Crippen LogP contribution is -2.17. The van der Waals surface area contributed by atoms with Crippen molar-refractivity contribution in [1.82, 2.24) is 0 Å². The van der Waals surface area contributed by atoms with Gasteiger partial charge in [-0.2, -0.15) is 0 Å². The standard InChI is InChI=1S/C16H16N2O4/c1-10-5-3-6-12(9-10)17-16(21)22-14-8-4-7-13(11(14)2)18-15(19)20/h3-9,18H,1-2H3,(H,17,21)(H,19,20). The topological polar surface area (TPSA) is 87.7 Å². The van der Waals surface area contributed by atoms with Crippen LogP contribution in [0.5, 0.6) is 5.75 Å². The molecule has 0 fully saturated rings. The molecule has 6 nitrogen and oxygen atoms in total. The van der Waals surface area contributed by atoms with Gasteiger partial charge in [-0.1, -0.05) is 18.2 Å². The summed E-state index contributed by atoms with van der Waals surface area (Å²) in [5, 5.41) is 13.6. The lowest BCUT2D eigenvalue weighted by Gasteiger charge is -2.12. The van der Waals surface area contributed by atoms with Crippen LogP contribution >= 0.6 is 0 Å². The van der Waals surface area contributed by atoms with Crippen LogP contribution in [-0.4, -0.2) is 17.3 Å². The second-order valence-electron chi connectivity index (χ2n) is 4.74. The highest BCUT2D eigenvalue weighted by atomic mass is 16.6. The summed E-state index contributed by atoms with van der Waals surface area (Å²) < 4.78 is 5.23. The van der Waals surface area contributed by atoms with Crippen molar-refractivity contribution in [3.63, 3.8) is 0 Å². The molecule has 2 amide bonds. The van der Waals surface area contributed by atoms with E-state index in [0.717, 1.165) is 5.56 Å². The van der Waals surface area contributed by atoms with E-state index < -0.39 is 12.2 Å². The van der Waals surface area contributed by atoms with Gasteiger partial charge in [0.1, 0.15) is 5.75 Å². The van der Waals surface area contributed by atoms with Crippen LogP contribution in [0.4, 0.5) is 21.0 Å². The highest BCUT2D eigenvalue weighted by Gasteiger charge is 2.11. The number of aryl methyl sites for hydroxylation is 1. The minimum Gasteiger partial charge on any atom is -0.465 e. The Morgan fingerprint density at radius 2 is 1.77 bits per heavy atom. The molecule has 0 unspecified atom stereocenters. The molecule has 0 aromatic heterocycles. The number of carbonyl (C=O) groups excluding carboxylic acids is 1. The van der Waals surface area contributed by atoms with Gasteiger partial charge in [-0.3, -0.25) is 10.6 Å². The van der Waals surface area contributed by atoms with Crippen LogP contribution in [-0.2, 0) is 0 Å². The summed E-state index contributed by atoms with van der Waals surface area (Å²) in [5.74, 6) is 0.288. The normalized spacial score (nSPS) is 9.91. The highest BCUT2D eigenvalue weighted by molar-refractivity contribution is 5.88. The molecule has 0 atom stereocenters. The minimum absolute atomic E-state index is 0.288. The van der Waals surface area contributed by atoms with E-state index in [1.54, 1.807) is 31.2 Å². The summed E-state index contributed by atoms with van der Waals surface area (Å²) in [6.07, 6.45) is -1.81. The molecule has 2 aromatic carbocycles. The van der Waals surface area contributed by atoms with Crippen LogP contribution in [0.2, 0.25) is 0 Å². The van der Waals surface area contributed by atoms with Gasteiger partial charge in [0.15, 0.2) is 0 Å². The summed E-state index contributed by atoms with van der Waals surface area (Å²) in [6.45, 7) is 3.59. The lowest BCUT2D eigenvalue weighted by molar-refractivity contribution is 0.209. The molecule has 0 aliphatic heterocycles. The Morgan fingerprint density at radius 3 is 2.45 bits per heavy atom. The number of carbonyl (C=O) groups is 2. The van der Waals surface area contributed by atoms with Crippen molar-refractivity contribution in [2.45, 2.75) is 13.8 Å². The smallest absolute Gasteiger partial charge is 0.417 e. The number of ether oxygens (including phenoxy) is 1. The van der Waals surface area contributed by atoms with Gasteiger partial charge >= 0.3 is 12.2 Å². The van der Waals surface area contributed by atoms with Gasteiger partial charge in [0.25, 0.3) is 0 Å². The van der Waals surface area contributed by atoms with Crippen molar-refractivity contribution in [2.75, 3.05) is 10.6 Å². The van der Waals surface area contributed by atoms with Gasteiger partial charge in [-0.25, -0.2) is 9.59 Å². The molecule has 0 saturated heterocycles. The second-order valence-corrected chi connectivity index (χ2v) is 4.74. The van der Waals surface area contributed by atoms with Crippen molar-refractivity contribution in [3.05, 3.63) is 53.6 Å². The maximum atomic E-state index is 11.9. The molecule has 0 bridgehead atoms. The Hall–Kier alpha value is -3.02. The number of rotatable bonds is 3. The first-order valence-corrected chi connectivity index (χ1v) is 6.61. The maximum absolute atomic E-state index is 11.9. The van der Waals surface area contributed by atoms with E-state index in [1.807, 2.05) is 25.1 Å². The van der Waals surface area contributed by atoms with Crippen LogP contribution < -0.4 is 15.4 Å². The van der Waals surface area contributed by atoms with Gasteiger partial charge in [-0.05, 0) is 43.7 Å². The molecule has 3 N–H and O–H groups in total. The summed E-state index contributed by atoms with van der Waals surface area (Å²) in [6, 6.07) is 12.1. The molecule has 2 rings (SSSR count). The molecule has 114 valence electrons. The number of hydrogen-bond acceptors (Lipinski definition) is 3. The first-order valence-electron chi connectivity index (χ1n) is 6.61. The number of amides is 2. The SMILES string of the molecule is Cc1cccc(NC(=O)Oc2cccc(NC(=O)O)c2C)c1. The van der Waals surface area contributed by atoms with Gasteiger partial charge in [0.05, 0.1) is 5.69 Å². The molecule has 0 saturated carbocycles. The molecule has 0 spiro atoms. The second kappa shape index (κ2) is 6.62. The Labute approximate surface area is 127 Å². The van der Waals surface area contributed by atoms with Crippen molar-refractivity contribution < 1.29 is 19.4 Å². The zero-order chi connectivity index (χ0) is 16.1. The van der Waals surface area contributed by atoms with E-state index in [2.05, 4.69) is 10.6 Å². The highest BCUT2D eigenvalue weighted by Crippen LogP contribution is 2.25. The zero-order valence-corrected chi connectivity index (χ0v) is 12.2. The summed E-state index contributed by atoms with van der Waals surface area (Å²) >= 11 is 0. The van der Waals surface area contributed by atoms with Gasteiger partial charge in [0, 0.05) is 11.3 Å². The third-order valence-electron chi connectivity index (χ3n) is 2.99. The first-order chi connectivity index (χ1) is 10.5. The Morgan fingerprint density at radius 1 is 1.05 bits per heavy atom. The summed E-state index contributed by atoms with van der Waals surface area (Å²) in [4.78, 5) is 22.6. The Balaban J connectivity index is 2.10. The monoisotopic (exact) mass is 300 g/mol. The molecule has 0 aliphatic rings. The molecule has 22 heavy (non-hydrogen) atoms. The third-order valence-corrected chi connectivity index (χ3v) is 2.99. The number of nitrogens with one attached hydrogen (secondary N) is 2. The number of carboxylic acid groups (broad SMARTS) is 1. The van der Waals surface area contributed by atoms with E-state index in [-0.39, 0.29) is 5.75 Å². The molecule has 0 aliphatic carbocycles. The summed E-state index contributed by atoms with van der Waals surface area (Å²) in [5.41, 5.74) is 2.54. The Bertz CT molecular complexity index is 713. The van der Waals surface area contributed by atoms with Crippen molar-refractivity contribution in [1.29, 1.82) is 0 Å². The van der Waals surface area contributed by atoms with E-state index in [0.29, 0.717) is 16.9 Å². The molecular weight excluding hydrogens is 284 g/mol. The van der Waals surface area contributed by atoms with Crippen LogP contribution in [0.25, 0.3) is 0 Å². The van der Waals surface area contributed by atoms with Gasteiger partial charge in [0.2, 0.25) is 0 Å². The van der Waals surface area contributed by atoms with Crippen molar-refractivity contribution in [3.8, 4) is 5.75 Å². The lowest BCUT2D eigenvalue weighted by atomic mass is 10.2. The predicted octanol–water partition coefficient (Wildman–Crippen LogP) is 4.00. The molecular formula is C16H16N2O4. The molecule has 6 heteroatoms. The van der Waals surface area contributed by atoms with Crippen molar-refractivity contribution in [2.24, 2.45) is 0 Å². The van der Waals surface area contributed by atoms with E-state index in [9.17, 15) is 9.59 Å². The predicted molar refractivity (Wildman–Crippen MR) is 83.7 cm³/mol. The van der Waals surface area contributed by atoms with E-state index in [1.165, 1.54) is 0 Å². The number of anilines is 2. The fraction of sp³-hybridized carbons (Fsp3) is 0.125. The molecule has 2 aromatic rings. The van der Waals surface area contributed by atoms with Crippen LogP contribution in [0, 0.1) is 13.8 Å². The largest absolute Gasteiger partial charge is 0.465 e. The quantitative estimate of drug-likeness (QED) is 0.799. The number of benzene rings is 2. The minimum atomic E-state index is -1.18. The van der Waals surface area contributed by atoms with Crippen LogP contribution in [0.3, 0.4) is 0 Å². The number of hydrogen-bond donors (Lipinski definition) is 3. The molecule has 0 heterocycles. The average molecular weight is 300 g/mol. The van der Waals surface area contributed by atoms with E-state index >= 15 is 0 Å². The maximum Gasteiger partial charge on any atom is 0.417 e. The van der Waals surface area contributed by atoms with E-state index in [4.69, 9.17) is 9.84 Å². The average Bonchev–Trinajstić information content (AvgIpc) is 2.42. The van der Waals surface area contributed by atoms with Crippen LogP contribution in [0.1, 0.15) is 11.1 Å². The van der Waals surface area contributed by atoms with Gasteiger partial charge in [-0.15, -0.1) is 0 Å². The fourth-order valence-corrected chi connectivity index (χ4v) is 1.94. The molecule has 0 radical (unpaired) electrons. The first kappa shape index (κ1) is 15.4. The summed E-state index contributed by atoms with van der Waals surface area (Å²) in [7, 11) is 0. The van der Waals surface area contributed by atoms with Crippen LogP contribution in [0.15, 0.2) is 42.5 Å². The van der Waals surface area contributed by atoms with Gasteiger partial charge < -0.3 is 9.84 Å². The fourth-order valence-electron chi connectivity index (χ4n) is 1.94. The van der Waals surface area contributed by atoms with Crippen molar-refractivity contribution >= 4 is 23.6 Å². The Kier molecular flexibility index (Phi) is 4.63. The third kappa shape index (κ3) is 3.99.